The molecule has 1 heterocycles. The summed E-state index contributed by atoms with van der Waals surface area (Å²) < 4.78 is 1.90. The third-order valence-corrected chi connectivity index (χ3v) is 5.37. The highest BCUT2D eigenvalue weighted by Gasteiger charge is 2.21. The van der Waals surface area contributed by atoms with Crippen LogP contribution in [-0.4, -0.2) is 25.8 Å². The molecular weight excluding hydrogens is 330 g/mol. The number of nitrogens with zero attached hydrogens (tertiary/aromatic N) is 3. The van der Waals surface area contributed by atoms with Crippen molar-refractivity contribution in [2.45, 2.75) is 38.1 Å². The fourth-order valence-electron chi connectivity index (χ4n) is 2.73. The quantitative estimate of drug-likeness (QED) is 0.499. The maximum Gasteiger partial charge on any atom is 0.196 e. The second-order valence-corrected chi connectivity index (χ2v) is 7.50. The molecule has 3 aromatic rings. The number of para-hydroxylation sites is 1. The fraction of sp³-hybridized carbons (Fsp3) is 0.250. The molecule has 0 saturated heterocycles. The predicted molar refractivity (Wildman–Crippen MR) is 102 cm³/mol. The van der Waals surface area contributed by atoms with Gasteiger partial charge in [0.1, 0.15) is 6.33 Å². The number of carbonyl (C=O) groups is 1. The normalized spacial score (nSPS) is 12.2. The Morgan fingerprint density at radius 3 is 2.44 bits per heavy atom. The lowest BCUT2D eigenvalue weighted by atomic mass is 9.97. The number of thioether (sulfide) groups is 1. The van der Waals surface area contributed by atoms with Gasteiger partial charge in [0.05, 0.1) is 5.25 Å². The highest BCUT2D eigenvalue weighted by Crippen LogP contribution is 2.27. The van der Waals surface area contributed by atoms with Crippen LogP contribution in [0.2, 0.25) is 0 Å². The molecule has 4 nitrogen and oxygen atoms in total. The van der Waals surface area contributed by atoms with Crippen molar-refractivity contribution in [3.63, 3.8) is 0 Å². The Morgan fingerprint density at radius 1 is 1.04 bits per heavy atom. The van der Waals surface area contributed by atoms with Crippen molar-refractivity contribution in [2.75, 3.05) is 0 Å². The first-order valence-electron chi connectivity index (χ1n) is 8.21. The van der Waals surface area contributed by atoms with Crippen molar-refractivity contribution >= 4 is 17.5 Å². The standard InChI is InChI=1S/C20H21N3OS/c1-13-10-15(3)18(11-14(13)2)19(24)16(4)25-20-22-21-12-23(20)17-8-6-5-7-9-17/h5-12,16H,1-4H3. The van der Waals surface area contributed by atoms with Gasteiger partial charge in [-0.1, -0.05) is 36.0 Å². The van der Waals surface area contributed by atoms with Crippen LogP contribution in [0.15, 0.2) is 53.9 Å². The van der Waals surface area contributed by atoms with E-state index in [1.807, 2.05) is 61.7 Å². The molecule has 0 aliphatic carbocycles. The number of carbonyl (C=O) groups excluding carboxylic acids is 1. The number of aromatic nitrogens is 3. The van der Waals surface area contributed by atoms with E-state index in [1.165, 1.54) is 17.3 Å². The molecular formula is C20H21N3OS. The molecule has 0 amide bonds. The van der Waals surface area contributed by atoms with Gasteiger partial charge in [0.25, 0.3) is 0 Å². The van der Waals surface area contributed by atoms with Gasteiger partial charge in [0, 0.05) is 11.3 Å². The molecule has 0 fully saturated rings. The van der Waals surface area contributed by atoms with Crippen LogP contribution in [0.4, 0.5) is 0 Å². The Bertz CT molecular complexity index is 903. The van der Waals surface area contributed by atoms with Crippen LogP contribution in [0.25, 0.3) is 5.69 Å². The number of hydrogen-bond donors (Lipinski definition) is 0. The first-order valence-corrected chi connectivity index (χ1v) is 9.09. The summed E-state index contributed by atoms with van der Waals surface area (Å²) >= 11 is 1.43. The zero-order valence-electron chi connectivity index (χ0n) is 14.9. The van der Waals surface area contributed by atoms with Crippen LogP contribution < -0.4 is 0 Å². The minimum Gasteiger partial charge on any atom is -0.293 e. The van der Waals surface area contributed by atoms with Crippen molar-refractivity contribution in [3.05, 3.63) is 71.0 Å². The number of rotatable bonds is 5. The molecule has 5 heteroatoms. The minimum atomic E-state index is -0.243. The smallest absolute Gasteiger partial charge is 0.196 e. The third kappa shape index (κ3) is 3.66. The van der Waals surface area contributed by atoms with E-state index >= 15 is 0 Å². The number of aryl methyl sites for hydroxylation is 3. The second kappa shape index (κ2) is 7.23. The van der Waals surface area contributed by atoms with Gasteiger partial charge in [-0.25, -0.2) is 0 Å². The zero-order chi connectivity index (χ0) is 18.0. The van der Waals surface area contributed by atoms with Crippen LogP contribution in [-0.2, 0) is 0 Å². The third-order valence-electron chi connectivity index (χ3n) is 4.31. The molecule has 3 rings (SSSR count). The Labute approximate surface area is 152 Å². The number of Topliss-reactive ketones (excluding diaryl/α,β-unsaturated/α-hetero) is 1. The van der Waals surface area contributed by atoms with Gasteiger partial charge in [0.15, 0.2) is 10.9 Å². The molecule has 1 aromatic heterocycles. The lowest BCUT2D eigenvalue weighted by Crippen LogP contribution is -2.16. The van der Waals surface area contributed by atoms with E-state index in [0.717, 1.165) is 22.4 Å². The van der Waals surface area contributed by atoms with E-state index in [4.69, 9.17) is 0 Å². The first-order chi connectivity index (χ1) is 12.0. The molecule has 0 aliphatic rings. The topological polar surface area (TPSA) is 47.8 Å². The SMILES string of the molecule is Cc1cc(C)c(C(=O)C(C)Sc2nncn2-c2ccccc2)cc1C. The summed E-state index contributed by atoms with van der Waals surface area (Å²) in [6, 6.07) is 14.0. The number of hydrogen-bond acceptors (Lipinski definition) is 4. The highest BCUT2D eigenvalue weighted by molar-refractivity contribution is 8.00. The predicted octanol–water partition coefficient (Wildman–Crippen LogP) is 4.56. The molecule has 1 atom stereocenters. The molecule has 128 valence electrons. The van der Waals surface area contributed by atoms with E-state index in [9.17, 15) is 4.79 Å². The Balaban J connectivity index is 1.84. The van der Waals surface area contributed by atoms with Crippen LogP contribution in [0.3, 0.4) is 0 Å². The Morgan fingerprint density at radius 2 is 1.72 bits per heavy atom. The average molecular weight is 351 g/mol. The monoisotopic (exact) mass is 351 g/mol. The molecule has 0 aliphatic heterocycles. The largest absolute Gasteiger partial charge is 0.293 e. The van der Waals surface area contributed by atoms with E-state index in [0.29, 0.717) is 5.16 Å². The van der Waals surface area contributed by atoms with Gasteiger partial charge in [-0.3, -0.25) is 9.36 Å². The van der Waals surface area contributed by atoms with Crippen molar-refractivity contribution in [2.24, 2.45) is 0 Å². The van der Waals surface area contributed by atoms with Crippen LogP contribution in [0.1, 0.15) is 34.0 Å². The van der Waals surface area contributed by atoms with Crippen molar-refractivity contribution in [1.82, 2.24) is 14.8 Å². The van der Waals surface area contributed by atoms with Gasteiger partial charge in [-0.15, -0.1) is 10.2 Å². The molecule has 0 radical (unpaired) electrons. The maximum atomic E-state index is 12.9. The summed E-state index contributed by atoms with van der Waals surface area (Å²) in [6.45, 7) is 8.02. The van der Waals surface area contributed by atoms with E-state index in [1.54, 1.807) is 6.33 Å². The molecule has 0 N–H and O–H groups in total. The summed E-state index contributed by atoms with van der Waals surface area (Å²) in [5, 5.41) is 8.67. The summed E-state index contributed by atoms with van der Waals surface area (Å²) in [6.07, 6.45) is 1.68. The number of benzene rings is 2. The molecule has 25 heavy (non-hydrogen) atoms. The van der Waals surface area contributed by atoms with Gasteiger partial charge in [0.2, 0.25) is 0 Å². The lowest BCUT2D eigenvalue weighted by Gasteiger charge is -2.14. The second-order valence-electron chi connectivity index (χ2n) is 6.19. The summed E-state index contributed by atoms with van der Waals surface area (Å²) in [5.74, 6) is 0.119. The highest BCUT2D eigenvalue weighted by atomic mass is 32.2. The molecule has 0 bridgehead atoms. The van der Waals surface area contributed by atoms with Crippen LogP contribution in [0, 0.1) is 20.8 Å². The van der Waals surface area contributed by atoms with E-state index < -0.39 is 0 Å². The van der Waals surface area contributed by atoms with E-state index in [2.05, 4.69) is 23.2 Å². The van der Waals surface area contributed by atoms with Crippen LogP contribution >= 0.6 is 11.8 Å². The zero-order valence-corrected chi connectivity index (χ0v) is 15.7. The maximum absolute atomic E-state index is 12.9. The van der Waals surface area contributed by atoms with Crippen LogP contribution in [0.5, 0.6) is 0 Å². The van der Waals surface area contributed by atoms with E-state index in [-0.39, 0.29) is 11.0 Å². The van der Waals surface area contributed by atoms with Gasteiger partial charge < -0.3 is 0 Å². The van der Waals surface area contributed by atoms with Gasteiger partial charge >= 0.3 is 0 Å². The Kier molecular flexibility index (Phi) is 5.04. The lowest BCUT2D eigenvalue weighted by molar-refractivity contribution is 0.0993. The van der Waals surface area contributed by atoms with Gasteiger partial charge in [-0.05, 0) is 62.6 Å². The molecule has 1 unspecified atom stereocenters. The molecule has 0 saturated carbocycles. The van der Waals surface area contributed by atoms with Crippen molar-refractivity contribution in [1.29, 1.82) is 0 Å². The first kappa shape index (κ1) is 17.4. The average Bonchev–Trinajstić information content (AvgIpc) is 3.06. The summed E-state index contributed by atoms with van der Waals surface area (Å²) in [7, 11) is 0. The number of ketones is 1. The molecule has 0 spiro atoms. The fourth-order valence-corrected chi connectivity index (χ4v) is 3.64. The molecule has 2 aromatic carbocycles. The Hall–Kier alpha value is -2.40. The summed E-state index contributed by atoms with van der Waals surface area (Å²) in [4.78, 5) is 12.9. The van der Waals surface area contributed by atoms with Crippen molar-refractivity contribution in [3.8, 4) is 5.69 Å². The summed E-state index contributed by atoms with van der Waals surface area (Å²) in [5.41, 5.74) is 5.13. The van der Waals surface area contributed by atoms with Gasteiger partial charge in [-0.2, -0.15) is 0 Å². The minimum absolute atomic E-state index is 0.119. The van der Waals surface area contributed by atoms with Crippen molar-refractivity contribution < 1.29 is 4.79 Å².